The van der Waals surface area contributed by atoms with Gasteiger partial charge in [-0.3, -0.25) is 0 Å². The third-order valence-corrected chi connectivity index (χ3v) is 4.78. The first kappa shape index (κ1) is 16.0. The van der Waals surface area contributed by atoms with Crippen LogP contribution in [-0.4, -0.2) is 19.5 Å². The van der Waals surface area contributed by atoms with Gasteiger partial charge in [0.2, 0.25) is 0 Å². The summed E-state index contributed by atoms with van der Waals surface area (Å²) in [5.41, 5.74) is 3.52. The van der Waals surface area contributed by atoms with Crippen molar-refractivity contribution in [2.45, 2.75) is 31.5 Å². The van der Waals surface area contributed by atoms with E-state index in [9.17, 15) is 0 Å². The van der Waals surface area contributed by atoms with Crippen LogP contribution in [0.1, 0.15) is 30.9 Å². The molecule has 0 amide bonds. The highest BCUT2D eigenvalue weighted by atomic mass is 16.7. The van der Waals surface area contributed by atoms with E-state index in [0.717, 1.165) is 12.8 Å². The number of hydrogen-bond donors (Lipinski definition) is 0. The van der Waals surface area contributed by atoms with Gasteiger partial charge in [-0.25, -0.2) is 0 Å². The molecule has 1 aliphatic heterocycles. The first-order valence-electron chi connectivity index (χ1n) is 8.24. The Morgan fingerprint density at radius 1 is 0.957 bits per heavy atom. The molecule has 0 saturated carbocycles. The van der Waals surface area contributed by atoms with Gasteiger partial charge in [-0.2, -0.15) is 0 Å². The Kier molecular flexibility index (Phi) is 4.94. The van der Waals surface area contributed by atoms with Crippen LogP contribution in [0.3, 0.4) is 0 Å². The minimum atomic E-state index is -0.207. The van der Waals surface area contributed by atoms with E-state index in [-0.39, 0.29) is 11.7 Å². The van der Waals surface area contributed by atoms with Crippen LogP contribution in [0.4, 0.5) is 0 Å². The van der Waals surface area contributed by atoms with Gasteiger partial charge in [-0.15, -0.1) is 0 Å². The lowest BCUT2D eigenvalue weighted by Gasteiger charge is -2.34. The monoisotopic (exact) mass is 308 g/mol. The smallest absolute Gasteiger partial charge is 0.158 e. The fourth-order valence-electron chi connectivity index (χ4n) is 3.23. The average Bonchev–Trinajstić information content (AvgIpc) is 3.14. The van der Waals surface area contributed by atoms with Crippen LogP contribution < -0.4 is 0 Å². The zero-order valence-electron chi connectivity index (χ0n) is 13.7. The van der Waals surface area contributed by atoms with Crippen LogP contribution in [0.2, 0.25) is 0 Å². The highest BCUT2D eigenvalue weighted by molar-refractivity contribution is 5.46. The SMILES string of the molecule is C=C(CCC1OCCO1)C(C)(c1ccccc1)c1ccccc1. The molecule has 0 aliphatic carbocycles. The van der Waals surface area contributed by atoms with Gasteiger partial charge in [0.1, 0.15) is 0 Å². The molecule has 1 heterocycles. The average molecular weight is 308 g/mol. The van der Waals surface area contributed by atoms with Crippen molar-refractivity contribution in [3.63, 3.8) is 0 Å². The van der Waals surface area contributed by atoms with Gasteiger partial charge in [0.25, 0.3) is 0 Å². The Balaban J connectivity index is 1.87. The lowest BCUT2D eigenvalue weighted by molar-refractivity contribution is -0.0464. The number of rotatable bonds is 6. The predicted molar refractivity (Wildman–Crippen MR) is 93.4 cm³/mol. The second-order valence-electron chi connectivity index (χ2n) is 6.17. The van der Waals surface area contributed by atoms with Crippen molar-refractivity contribution in [3.8, 4) is 0 Å². The van der Waals surface area contributed by atoms with Crippen molar-refractivity contribution in [2.75, 3.05) is 13.2 Å². The van der Waals surface area contributed by atoms with Gasteiger partial charge in [0.15, 0.2) is 6.29 Å². The van der Waals surface area contributed by atoms with Crippen molar-refractivity contribution < 1.29 is 9.47 Å². The Morgan fingerprint density at radius 3 is 1.91 bits per heavy atom. The second kappa shape index (κ2) is 7.12. The minimum Gasteiger partial charge on any atom is -0.350 e. The summed E-state index contributed by atoms with van der Waals surface area (Å²) in [6.07, 6.45) is 1.65. The summed E-state index contributed by atoms with van der Waals surface area (Å²) in [4.78, 5) is 0. The summed E-state index contributed by atoms with van der Waals surface area (Å²) >= 11 is 0. The third kappa shape index (κ3) is 3.39. The molecule has 0 unspecified atom stereocenters. The number of hydrogen-bond acceptors (Lipinski definition) is 2. The zero-order chi connectivity index (χ0) is 16.1. The van der Waals surface area contributed by atoms with Crippen LogP contribution >= 0.6 is 0 Å². The summed E-state index contributed by atoms with van der Waals surface area (Å²) in [6, 6.07) is 21.2. The maximum atomic E-state index is 5.56. The van der Waals surface area contributed by atoms with Crippen molar-refractivity contribution in [1.29, 1.82) is 0 Å². The molecule has 1 saturated heterocycles. The topological polar surface area (TPSA) is 18.5 Å². The number of benzene rings is 2. The molecule has 2 aromatic rings. The van der Waals surface area contributed by atoms with E-state index in [1.165, 1.54) is 16.7 Å². The van der Waals surface area contributed by atoms with Gasteiger partial charge in [0.05, 0.1) is 13.2 Å². The molecule has 1 aliphatic rings. The summed E-state index contributed by atoms with van der Waals surface area (Å²) in [7, 11) is 0. The molecule has 0 bridgehead atoms. The molecule has 0 spiro atoms. The first-order valence-corrected chi connectivity index (χ1v) is 8.24. The molecule has 2 heteroatoms. The van der Waals surface area contributed by atoms with Crippen LogP contribution in [0.25, 0.3) is 0 Å². The van der Waals surface area contributed by atoms with E-state index in [0.29, 0.717) is 13.2 Å². The van der Waals surface area contributed by atoms with Crippen molar-refractivity contribution >= 4 is 0 Å². The van der Waals surface area contributed by atoms with Gasteiger partial charge in [-0.1, -0.05) is 72.8 Å². The largest absolute Gasteiger partial charge is 0.350 e. The Morgan fingerprint density at radius 2 is 1.43 bits per heavy atom. The molecular weight excluding hydrogens is 284 g/mol. The molecule has 0 radical (unpaired) electrons. The number of allylic oxidation sites excluding steroid dienone is 1. The van der Waals surface area contributed by atoms with Gasteiger partial charge in [0, 0.05) is 11.8 Å². The fraction of sp³-hybridized carbons (Fsp3) is 0.333. The summed E-state index contributed by atoms with van der Waals surface area (Å²) in [6.45, 7) is 8.09. The number of ether oxygens (including phenoxy) is 2. The van der Waals surface area contributed by atoms with Crippen molar-refractivity contribution in [3.05, 3.63) is 83.9 Å². The van der Waals surface area contributed by atoms with E-state index in [1.54, 1.807) is 0 Å². The molecule has 2 nitrogen and oxygen atoms in total. The molecule has 1 fully saturated rings. The van der Waals surface area contributed by atoms with Crippen molar-refractivity contribution in [2.24, 2.45) is 0 Å². The molecule has 0 N–H and O–H groups in total. The standard InChI is InChI=1S/C21H24O2/c1-17(13-14-20-22-15-16-23-20)21(2,18-9-5-3-6-10-18)19-11-7-4-8-12-19/h3-12,20H,1,13-16H2,2H3. The summed E-state index contributed by atoms with van der Waals surface area (Å²) < 4.78 is 11.1. The fourth-order valence-corrected chi connectivity index (χ4v) is 3.23. The quantitative estimate of drug-likeness (QED) is 0.720. The van der Waals surface area contributed by atoms with Crippen LogP contribution in [0.15, 0.2) is 72.8 Å². The van der Waals surface area contributed by atoms with Crippen LogP contribution in [-0.2, 0) is 14.9 Å². The zero-order valence-corrected chi connectivity index (χ0v) is 13.7. The van der Waals surface area contributed by atoms with Crippen LogP contribution in [0.5, 0.6) is 0 Å². The molecule has 2 aromatic carbocycles. The van der Waals surface area contributed by atoms with Gasteiger partial charge in [-0.05, 0) is 24.5 Å². The van der Waals surface area contributed by atoms with Crippen molar-refractivity contribution in [1.82, 2.24) is 0 Å². The molecule has 3 rings (SSSR count). The highest BCUT2D eigenvalue weighted by Gasteiger charge is 2.32. The lowest BCUT2D eigenvalue weighted by atomic mass is 9.70. The normalized spacial score (nSPS) is 15.7. The Hall–Kier alpha value is -1.90. The second-order valence-corrected chi connectivity index (χ2v) is 6.17. The minimum absolute atomic E-state index is 0.0810. The van der Waals surface area contributed by atoms with Gasteiger partial charge >= 0.3 is 0 Å². The predicted octanol–water partition coefficient (Wildman–Crippen LogP) is 4.70. The van der Waals surface area contributed by atoms with E-state index < -0.39 is 0 Å². The maximum absolute atomic E-state index is 5.56. The van der Waals surface area contributed by atoms with E-state index in [4.69, 9.17) is 9.47 Å². The summed E-state index contributed by atoms with van der Waals surface area (Å²) in [5, 5.41) is 0. The van der Waals surface area contributed by atoms with Crippen LogP contribution in [0, 0.1) is 0 Å². The Labute approximate surface area is 138 Å². The molecule has 120 valence electrons. The third-order valence-electron chi connectivity index (χ3n) is 4.78. The summed E-state index contributed by atoms with van der Waals surface area (Å²) in [5.74, 6) is 0. The molecule has 0 aromatic heterocycles. The van der Waals surface area contributed by atoms with Gasteiger partial charge < -0.3 is 9.47 Å². The maximum Gasteiger partial charge on any atom is 0.158 e. The lowest BCUT2D eigenvalue weighted by Crippen LogP contribution is -2.26. The van der Waals surface area contributed by atoms with E-state index in [2.05, 4.69) is 74.2 Å². The van der Waals surface area contributed by atoms with E-state index in [1.807, 2.05) is 0 Å². The molecular formula is C21H24O2. The Bertz CT molecular complexity index is 588. The molecule has 23 heavy (non-hydrogen) atoms. The molecule has 0 atom stereocenters. The highest BCUT2D eigenvalue weighted by Crippen LogP contribution is 2.40. The van der Waals surface area contributed by atoms with E-state index >= 15 is 0 Å². The first-order chi connectivity index (χ1) is 11.2.